The van der Waals surface area contributed by atoms with Gasteiger partial charge in [-0.25, -0.2) is 4.98 Å². The first kappa shape index (κ1) is 11.1. The van der Waals surface area contributed by atoms with Gasteiger partial charge in [0.25, 0.3) is 5.56 Å². The summed E-state index contributed by atoms with van der Waals surface area (Å²) in [6, 6.07) is 1.39. The minimum atomic E-state index is -0.267. The molecule has 16 heavy (non-hydrogen) atoms. The number of carbonyl (C=O) groups is 1. The van der Waals surface area contributed by atoms with Gasteiger partial charge in [-0.05, 0) is 12.8 Å². The molecule has 86 valence electrons. The van der Waals surface area contributed by atoms with E-state index in [-0.39, 0.29) is 23.9 Å². The van der Waals surface area contributed by atoms with Crippen molar-refractivity contribution in [2.45, 2.75) is 25.3 Å². The van der Waals surface area contributed by atoms with E-state index in [2.05, 4.69) is 15.3 Å². The predicted molar refractivity (Wildman–Crippen MR) is 59.4 cm³/mol. The molecule has 1 aromatic heterocycles. The van der Waals surface area contributed by atoms with E-state index in [1.54, 1.807) is 0 Å². The number of rotatable bonds is 4. The van der Waals surface area contributed by atoms with E-state index in [0.29, 0.717) is 11.6 Å². The van der Waals surface area contributed by atoms with Crippen molar-refractivity contribution in [2.24, 2.45) is 0 Å². The zero-order chi connectivity index (χ0) is 11.5. The number of aromatic nitrogens is 2. The highest BCUT2D eigenvalue weighted by Crippen LogP contribution is 2.37. The summed E-state index contributed by atoms with van der Waals surface area (Å²) in [4.78, 5) is 29.3. The second kappa shape index (κ2) is 4.65. The highest BCUT2D eigenvalue weighted by atomic mass is 35.5. The average molecular weight is 242 g/mol. The number of hydrogen-bond donors (Lipinski definition) is 2. The monoisotopic (exact) mass is 241 g/mol. The third-order valence-electron chi connectivity index (χ3n) is 2.37. The van der Waals surface area contributed by atoms with E-state index >= 15 is 0 Å². The molecule has 1 aliphatic rings. The number of hydrogen-bond acceptors (Lipinski definition) is 3. The molecule has 1 saturated carbocycles. The Labute approximate surface area is 97.2 Å². The predicted octanol–water partition coefficient (Wildman–Crippen LogP) is 0.502. The van der Waals surface area contributed by atoms with Crippen LogP contribution in [0.2, 0.25) is 0 Å². The van der Waals surface area contributed by atoms with Gasteiger partial charge in [-0.2, -0.15) is 0 Å². The molecule has 5 nitrogen and oxygen atoms in total. The van der Waals surface area contributed by atoms with Crippen LogP contribution in [0.25, 0.3) is 0 Å². The smallest absolute Gasteiger partial charge is 0.251 e. The number of amides is 1. The Balaban J connectivity index is 2.08. The maximum absolute atomic E-state index is 11.3. The van der Waals surface area contributed by atoms with Crippen molar-refractivity contribution in [1.82, 2.24) is 15.3 Å². The summed E-state index contributed by atoms with van der Waals surface area (Å²) in [6.07, 6.45) is 2.14. The van der Waals surface area contributed by atoms with Crippen molar-refractivity contribution in [2.75, 3.05) is 5.88 Å². The molecule has 0 atom stereocenters. The Kier molecular flexibility index (Phi) is 3.24. The largest absolute Gasteiger partial charge is 0.349 e. The van der Waals surface area contributed by atoms with Gasteiger partial charge in [-0.3, -0.25) is 9.59 Å². The van der Waals surface area contributed by atoms with Crippen LogP contribution in [0.5, 0.6) is 0 Å². The lowest BCUT2D eigenvalue weighted by atomic mass is 10.3. The van der Waals surface area contributed by atoms with Gasteiger partial charge < -0.3 is 10.3 Å². The van der Waals surface area contributed by atoms with E-state index in [0.717, 1.165) is 18.7 Å². The van der Waals surface area contributed by atoms with E-state index in [4.69, 9.17) is 11.6 Å². The van der Waals surface area contributed by atoms with Crippen molar-refractivity contribution in [1.29, 1.82) is 0 Å². The second-order valence-corrected chi connectivity index (χ2v) is 4.07. The van der Waals surface area contributed by atoms with Crippen molar-refractivity contribution >= 4 is 17.5 Å². The molecule has 0 bridgehead atoms. The Morgan fingerprint density at radius 1 is 1.62 bits per heavy atom. The van der Waals surface area contributed by atoms with E-state index in [9.17, 15) is 9.59 Å². The normalized spacial score (nSPS) is 14.8. The van der Waals surface area contributed by atoms with E-state index < -0.39 is 0 Å². The number of nitrogens with one attached hydrogen (secondary N) is 2. The Hall–Kier alpha value is -1.36. The third kappa shape index (κ3) is 2.82. The molecule has 6 heteroatoms. The van der Waals surface area contributed by atoms with Crippen LogP contribution < -0.4 is 10.9 Å². The van der Waals surface area contributed by atoms with Crippen molar-refractivity contribution in [3.63, 3.8) is 0 Å². The SMILES string of the molecule is O=C(CCl)NCc1cc(=O)[nH]c(C2CC2)n1. The van der Waals surface area contributed by atoms with Crippen LogP contribution in [0, 0.1) is 0 Å². The molecule has 2 N–H and O–H groups in total. The molecule has 0 aromatic carbocycles. The van der Waals surface area contributed by atoms with Gasteiger partial charge >= 0.3 is 0 Å². The lowest BCUT2D eigenvalue weighted by Gasteiger charge is -2.04. The molecule has 1 fully saturated rings. The fraction of sp³-hybridized carbons (Fsp3) is 0.500. The summed E-state index contributed by atoms with van der Waals surface area (Å²) in [5, 5.41) is 2.58. The van der Waals surface area contributed by atoms with Gasteiger partial charge in [0.05, 0.1) is 12.2 Å². The van der Waals surface area contributed by atoms with Crippen molar-refractivity contribution < 1.29 is 4.79 Å². The summed E-state index contributed by atoms with van der Waals surface area (Å²) in [5.41, 5.74) is 0.399. The minimum absolute atomic E-state index is 0.0846. The van der Waals surface area contributed by atoms with Gasteiger partial charge in [0.15, 0.2) is 0 Å². The number of halogens is 1. The van der Waals surface area contributed by atoms with E-state index in [1.807, 2.05) is 0 Å². The number of alkyl halides is 1. The minimum Gasteiger partial charge on any atom is -0.349 e. The second-order valence-electron chi connectivity index (χ2n) is 3.81. The quantitative estimate of drug-likeness (QED) is 0.754. The van der Waals surface area contributed by atoms with Gasteiger partial charge in [-0.15, -0.1) is 11.6 Å². The van der Waals surface area contributed by atoms with Gasteiger partial charge in [0.1, 0.15) is 11.7 Å². The molecular weight excluding hydrogens is 230 g/mol. The zero-order valence-electron chi connectivity index (χ0n) is 8.62. The fourth-order valence-electron chi connectivity index (χ4n) is 1.41. The summed E-state index contributed by atoms with van der Waals surface area (Å²) >= 11 is 5.34. The first-order chi connectivity index (χ1) is 7.69. The van der Waals surface area contributed by atoms with Crippen LogP contribution in [0.1, 0.15) is 30.3 Å². The highest BCUT2D eigenvalue weighted by Gasteiger charge is 2.26. The van der Waals surface area contributed by atoms with Gasteiger partial charge in [-0.1, -0.05) is 0 Å². The molecule has 1 aliphatic carbocycles. The maximum atomic E-state index is 11.3. The maximum Gasteiger partial charge on any atom is 0.251 e. The van der Waals surface area contributed by atoms with Gasteiger partial charge in [0.2, 0.25) is 5.91 Å². The molecule has 1 amide bonds. The Morgan fingerprint density at radius 3 is 3.00 bits per heavy atom. The van der Waals surface area contributed by atoms with Crippen LogP contribution in [0.3, 0.4) is 0 Å². The van der Waals surface area contributed by atoms with Crippen LogP contribution in [-0.2, 0) is 11.3 Å². The molecule has 0 spiro atoms. The van der Waals surface area contributed by atoms with Crippen LogP contribution >= 0.6 is 11.6 Å². The molecule has 0 aliphatic heterocycles. The van der Waals surface area contributed by atoms with Crippen LogP contribution in [-0.4, -0.2) is 21.8 Å². The molecule has 0 unspecified atom stereocenters. The van der Waals surface area contributed by atoms with Crippen LogP contribution in [0.15, 0.2) is 10.9 Å². The Morgan fingerprint density at radius 2 is 2.38 bits per heavy atom. The summed E-state index contributed by atoms with van der Waals surface area (Å²) in [6.45, 7) is 0.245. The molecule has 0 saturated heterocycles. The molecule has 2 rings (SSSR count). The van der Waals surface area contributed by atoms with Crippen molar-refractivity contribution in [3.8, 4) is 0 Å². The topological polar surface area (TPSA) is 74.8 Å². The fourth-order valence-corrected chi connectivity index (χ4v) is 1.50. The van der Waals surface area contributed by atoms with Crippen LogP contribution in [0.4, 0.5) is 0 Å². The first-order valence-corrected chi connectivity index (χ1v) is 5.65. The third-order valence-corrected chi connectivity index (χ3v) is 2.61. The van der Waals surface area contributed by atoms with E-state index in [1.165, 1.54) is 6.07 Å². The summed E-state index contributed by atoms with van der Waals surface area (Å²) < 4.78 is 0. The zero-order valence-corrected chi connectivity index (χ0v) is 9.38. The standard InChI is InChI=1S/C10H12ClN3O2/c11-4-9(16)12-5-7-3-8(15)14-10(13-7)6-1-2-6/h3,6H,1-2,4-5H2,(H,12,16)(H,13,14,15). The number of aromatic amines is 1. The molecule has 1 heterocycles. The number of H-pyrrole nitrogens is 1. The highest BCUT2D eigenvalue weighted by molar-refractivity contribution is 6.27. The van der Waals surface area contributed by atoms with Gasteiger partial charge in [0, 0.05) is 12.0 Å². The Bertz CT molecular complexity index is 454. The molecular formula is C10H12ClN3O2. The molecule has 1 aromatic rings. The van der Waals surface area contributed by atoms with Crippen molar-refractivity contribution in [3.05, 3.63) is 27.9 Å². The number of carbonyl (C=O) groups excluding carboxylic acids is 1. The first-order valence-electron chi connectivity index (χ1n) is 5.12. The average Bonchev–Trinajstić information content (AvgIpc) is 3.09. The lowest BCUT2D eigenvalue weighted by molar-refractivity contribution is -0.118. The lowest BCUT2D eigenvalue weighted by Crippen LogP contribution is -2.25. The summed E-state index contributed by atoms with van der Waals surface area (Å²) in [7, 11) is 0. The summed E-state index contributed by atoms with van der Waals surface area (Å²) in [5.74, 6) is 0.759. The molecule has 0 radical (unpaired) electrons. The number of nitrogens with zero attached hydrogens (tertiary/aromatic N) is 1.